The maximum atomic E-state index is 14.4. The molecule has 0 bridgehead atoms. The number of carboxylic acid groups (broad SMARTS) is 1. The van der Waals surface area contributed by atoms with Crippen molar-refractivity contribution in [2.45, 2.75) is 45.2 Å². The Labute approximate surface area is 219 Å². The number of carbonyl (C=O) groups is 3. The molecule has 2 N–H and O–H groups in total. The van der Waals surface area contributed by atoms with Crippen LogP contribution in [0.25, 0.3) is 11.1 Å². The number of aromatic nitrogens is 1. The van der Waals surface area contributed by atoms with Crippen LogP contribution in [-0.2, 0) is 16.0 Å². The van der Waals surface area contributed by atoms with Crippen LogP contribution in [0.1, 0.15) is 36.8 Å². The highest BCUT2D eigenvalue weighted by Gasteiger charge is 2.53. The summed E-state index contributed by atoms with van der Waals surface area (Å²) < 4.78 is 19.8. The highest BCUT2D eigenvalue weighted by Crippen LogP contribution is 2.30. The van der Waals surface area contributed by atoms with Crippen molar-refractivity contribution in [1.82, 2.24) is 9.88 Å². The first kappa shape index (κ1) is 25.8. The SMILES string of the molecule is Cc1ccccc1Nc1nc2ccc(CC(=O)[N+]3(C(=O)N4CCC(CC(=O)O)CC4)CC[C@H](F)C3)cc2o1. The third-order valence-corrected chi connectivity index (χ3v) is 7.72. The molecule has 1 aromatic heterocycles. The summed E-state index contributed by atoms with van der Waals surface area (Å²) in [6, 6.07) is 13.0. The van der Waals surface area contributed by atoms with Gasteiger partial charge < -0.3 is 14.8 Å². The summed E-state index contributed by atoms with van der Waals surface area (Å²) in [5.41, 5.74) is 3.72. The molecule has 1 unspecified atom stereocenters. The number of carbonyl (C=O) groups excluding carboxylic acids is 2. The van der Waals surface area contributed by atoms with E-state index in [0.717, 1.165) is 11.3 Å². The average Bonchev–Trinajstić information content (AvgIpc) is 3.48. The number of likely N-dealkylation sites (tertiary alicyclic amines) is 2. The molecule has 10 heteroatoms. The summed E-state index contributed by atoms with van der Waals surface area (Å²) in [6.07, 6.45) is 0.0882. The first-order valence-electron chi connectivity index (χ1n) is 13.0. The molecule has 38 heavy (non-hydrogen) atoms. The number of carboxylic acids is 1. The number of nitrogens with zero attached hydrogens (tertiary/aromatic N) is 3. The number of alkyl halides is 1. The predicted octanol–water partition coefficient (Wildman–Crippen LogP) is 4.81. The van der Waals surface area contributed by atoms with Crippen molar-refractivity contribution in [2.75, 3.05) is 31.5 Å². The van der Waals surface area contributed by atoms with Crippen molar-refractivity contribution >= 4 is 40.7 Å². The van der Waals surface area contributed by atoms with E-state index in [1.165, 1.54) is 0 Å². The number of benzene rings is 2. The van der Waals surface area contributed by atoms with Crippen LogP contribution in [0.3, 0.4) is 0 Å². The summed E-state index contributed by atoms with van der Waals surface area (Å²) in [7, 11) is 0. The lowest BCUT2D eigenvalue weighted by Crippen LogP contribution is -2.62. The van der Waals surface area contributed by atoms with Gasteiger partial charge in [-0.25, -0.2) is 14.0 Å². The van der Waals surface area contributed by atoms with Gasteiger partial charge in [0, 0.05) is 31.6 Å². The lowest BCUT2D eigenvalue weighted by molar-refractivity contribution is -0.765. The van der Waals surface area contributed by atoms with Crippen LogP contribution >= 0.6 is 0 Å². The number of hydrogen-bond donors (Lipinski definition) is 2. The zero-order chi connectivity index (χ0) is 26.9. The van der Waals surface area contributed by atoms with E-state index < -0.39 is 16.6 Å². The third-order valence-electron chi connectivity index (χ3n) is 7.72. The Morgan fingerprint density at radius 2 is 1.92 bits per heavy atom. The molecule has 2 aromatic carbocycles. The zero-order valence-corrected chi connectivity index (χ0v) is 21.4. The molecule has 0 saturated carbocycles. The van der Waals surface area contributed by atoms with Crippen LogP contribution in [0.2, 0.25) is 0 Å². The zero-order valence-electron chi connectivity index (χ0n) is 21.4. The number of halogens is 1. The van der Waals surface area contributed by atoms with Gasteiger partial charge in [0.25, 0.3) is 6.01 Å². The highest BCUT2D eigenvalue weighted by atomic mass is 19.1. The predicted molar refractivity (Wildman–Crippen MR) is 139 cm³/mol. The Morgan fingerprint density at radius 3 is 2.61 bits per heavy atom. The van der Waals surface area contributed by atoms with Crippen molar-refractivity contribution in [3.8, 4) is 0 Å². The number of urea groups is 1. The van der Waals surface area contributed by atoms with Crippen LogP contribution in [0.5, 0.6) is 0 Å². The molecule has 2 aliphatic rings. The largest absolute Gasteiger partial charge is 0.481 e. The van der Waals surface area contributed by atoms with Gasteiger partial charge in [-0.3, -0.25) is 9.69 Å². The van der Waals surface area contributed by atoms with E-state index in [4.69, 9.17) is 9.52 Å². The summed E-state index contributed by atoms with van der Waals surface area (Å²) in [4.78, 5) is 44.3. The maximum absolute atomic E-state index is 14.4. The quantitative estimate of drug-likeness (QED) is 0.446. The summed E-state index contributed by atoms with van der Waals surface area (Å²) in [5, 5.41) is 12.2. The third kappa shape index (κ3) is 5.26. The number of hydrogen-bond acceptors (Lipinski definition) is 6. The number of oxazole rings is 1. The van der Waals surface area contributed by atoms with Gasteiger partial charge in [-0.05, 0) is 55.0 Å². The van der Waals surface area contributed by atoms with Gasteiger partial charge in [-0.15, -0.1) is 0 Å². The van der Waals surface area contributed by atoms with Crippen molar-refractivity contribution in [3.05, 3.63) is 53.6 Å². The number of piperidine rings is 1. The molecule has 3 amide bonds. The molecule has 0 radical (unpaired) electrons. The van der Waals surface area contributed by atoms with Gasteiger partial charge in [0.1, 0.15) is 12.1 Å². The highest BCUT2D eigenvalue weighted by molar-refractivity contribution is 5.86. The second kappa shape index (κ2) is 10.5. The Balaban J connectivity index is 1.31. The van der Waals surface area contributed by atoms with Crippen LogP contribution in [0.4, 0.5) is 20.9 Å². The van der Waals surface area contributed by atoms with Gasteiger partial charge in [0.05, 0.1) is 13.0 Å². The van der Waals surface area contributed by atoms with Crippen molar-refractivity contribution in [2.24, 2.45) is 5.92 Å². The second-order valence-corrected chi connectivity index (χ2v) is 10.4. The summed E-state index contributed by atoms with van der Waals surface area (Å²) >= 11 is 0. The number of nitrogens with one attached hydrogen (secondary N) is 1. The fraction of sp³-hybridized carbons (Fsp3) is 0.429. The van der Waals surface area contributed by atoms with Crippen molar-refractivity contribution < 1.29 is 32.8 Å². The van der Waals surface area contributed by atoms with Gasteiger partial charge in [0.15, 0.2) is 11.8 Å². The minimum absolute atomic E-state index is 0.00650. The number of aliphatic carboxylic acids is 1. The van der Waals surface area contributed by atoms with E-state index in [9.17, 15) is 18.8 Å². The minimum Gasteiger partial charge on any atom is -0.481 e. The number of quaternary nitrogens is 1. The van der Waals surface area contributed by atoms with Crippen LogP contribution in [0.15, 0.2) is 46.9 Å². The molecular formula is C28H32FN4O5+. The number of aryl methyl sites for hydroxylation is 1. The molecule has 2 fully saturated rings. The first-order chi connectivity index (χ1) is 18.2. The molecule has 0 spiro atoms. The van der Waals surface area contributed by atoms with Crippen molar-refractivity contribution in [3.63, 3.8) is 0 Å². The topological polar surface area (TPSA) is 113 Å². The van der Waals surface area contributed by atoms with E-state index in [-0.39, 0.29) is 50.2 Å². The fourth-order valence-electron chi connectivity index (χ4n) is 5.52. The molecule has 2 aliphatic heterocycles. The number of imide groups is 1. The molecule has 2 atom stereocenters. The standard InChI is InChI=1S/C28H31FN4O5/c1-18-4-2-3-5-22(18)30-27-31-23-7-6-20(14-24(23)38-27)15-25(34)33(13-10-21(29)17-33)28(37)32-11-8-19(9-12-32)16-26(35)36/h2-7,14,19,21H,8-13,15-17H2,1H3,(H-,30,31,35,36)/p+1/t21-,33?/m0/s1. The second-order valence-electron chi connectivity index (χ2n) is 10.4. The smallest absolute Gasteiger partial charge is 0.426 e. The molecular weight excluding hydrogens is 491 g/mol. The van der Waals surface area contributed by atoms with Crippen LogP contribution in [0, 0.1) is 12.8 Å². The lowest BCUT2D eigenvalue weighted by Gasteiger charge is -2.37. The number of fused-ring (bicyclic) bond motifs is 1. The molecule has 3 aromatic rings. The van der Waals surface area contributed by atoms with Gasteiger partial charge in [-0.2, -0.15) is 9.47 Å². The van der Waals surface area contributed by atoms with Gasteiger partial charge in [-0.1, -0.05) is 24.3 Å². The molecule has 3 heterocycles. The first-order valence-corrected chi connectivity index (χ1v) is 13.0. The molecule has 200 valence electrons. The number of anilines is 2. The van der Waals surface area contributed by atoms with Crippen molar-refractivity contribution in [1.29, 1.82) is 0 Å². The van der Waals surface area contributed by atoms with E-state index >= 15 is 0 Å². The molecule has 9 nitrogen and oxygen atoms in total. The minimum atomic E-state index is -1.22. The number of para-hydroxylation sites is 1. The van der Waals surface area contributed by atoms with Gasteiger partial charge in [0.2, 0.25) is 0 Å². The Morgan fingerprint density at radius 1 is 1.16 bits per heavy atom. The fourth-order valence-corrected chi connectivity index (χ4v) is 5.52. The van der Waals surface area contributed by atoms with E-state index in [2.05, 4.69) is 10.3 Å². The lowest BCUT2D eigenvalue weighted by atomic mass is 9.94. The normalized spacial score (nSPS) is 22.1. The maximum Gasteiger partial charge on any atom is 0.426 e. The average molecular weight is 524 g/mol. The molecule has 2 saturated heterocycles. The van der Waals surface area contributed by atoms with Crippen LogP contribution in [-0.4, -0.2) is 69.7 Å². The Hall–Kier alpha value is -3.79. The number of rotatable bonds is 6. The number of amides is 3. The molecule has 0 aliphatic carbocycles. The summed E-state index contributed by atoms with van der Waals surface area (Å²) in [6.45, 7) is 2.70. The van der Waals surface area contributed by atoms with Crippen LogP contribution < -0.4 is 5.32 Å². The van der Waals surface area contributed by atoms with E-state index in [1.54, 1.807) is 23.1 Å². The van der Waals surface area contributed by atoms with Gasteiger partial charge >= 0.3 is 17.9 Å². The Kier molecular flexibility index (Phi) is 7.16. The monoisotopic (exact) mass is 523 g/mol. The summed E-state index contributed by atoms with van der Waals surface area (Å²) in [5.74, 6) is -1.19. The van der Waals surface area contributed by atoms with E-state index in [0.29, 0.717) is 48.6 Å². The molecule has 5 rings (SSSR count). The Bertz CT molecular complexity index is 1370. The van der Waals surface area contributed by atoms with E-state index in [1.807, 2.05) is 31.2 Å².